The van der Waals surface area contributed by atoms with Crippen LogP contribution >= 0.6 is 11.8 Å². The van der Waals surface area contributed by atoms with Crippen molar-refractivity contribution in [3.05, 3.63) is 54.0 Å². The van der Waals surface area contributed by atoms with Gasteiger partial charge in [0.15, 0.2) is 10.9 Å². The van der Waals surface area contributed by atoms with E-state index in [1.165, 1.54) is 11.8 Å². The molecule has 0 saturated carbocycles. The minimum atomic E-state index is -0.110. The topological polar surface area (TPSA) is 91.6 Å². The molecule has 3 aromatic rings. The smallest absolute Gasteiger partial charge is 0.290 e. The van der Waals surface area contributed by atoms with E-state index in [0.717, 1.165) is 17.4 Å². The first-order chi connectivity index (χ1) is 15.7. The first kappa shape index (κ1) is 22.3. The van der Waals surface area contributed by atoms with Crippen molar-refractivity contribution in [3.63, 3.8) is 0 Å². The van der Waals surface area contributed by atoms with Crippen LogP contribution in [-0.2, 0) is 10.5 Å². The van der Waals surface area contributed by atoms with Gasteiger partial charge in [-0.2, -0.15) is 0 Å². The molecule has 0 atom stereocenters. The van der Waals surface area contributed by atoms with Crippen molar-refractivity contribution < 1.29 is 14.0 Å². The van der Waals surface area contributed by atoms with Crippen molar-refractivity contribution in [1.82, 2.24) is 25.1 Å². The highest BCUT2D eigenvalue weighted by atomic mass is 32.2. The predicted octanol–water partition coefficient (Wildman–Crippen LogP) is 2.80. The lowest BCUT2D eigenvalue weighted by Crippen LogP contribution is -2.51. The number of benzene rings is 1. The van der Waals surface area contributed by atoms with E-state index < -0.39 is 0 Å². The van der Waals surface area contributed by atoms with Gasteiger partial charge in [-0.25, -0.2) is 9.97 Å². The van der Waals surface area contributed by atoms with Crippen LogP contribution in [0.25, 0.3) is 11.0 Å². The number of furan rings is 1. The molecule has 9 heteroatoms. The van der Waals surface area contributed by atoms with Gasteiger partial charge in [-0.3, -0.25) is 14.5 Å². The van der Waals surface area contributed by atoms with E-state index in [1.807, 2.05) is 36.1 Å². The lowest BCUT2D eigenvalue weighted by atomic mass is 10.1. The number of hydrogen-bond acceptors (Lipinski definition) is 7. The molecular weight excluding hydrogens is 426 g/mol. The maximum atomic E-state index is 13.4. The number of amides is 2. The van der Waals surface area contributed by atoms with E-state index in [0.29, 0.717) is 61.5 Å². The van der Waals surface area contributed by atoms with E-state index in [1.54, 1.807) is 18.5 Å². The molecule has 0 unspecified atom stereocenters. The Bertz CT molecular complexity index is 1060. The SMILES string of the molecule is CCCNC(=O)CN1CCN(C(=O)c2oc3ccccc3c2CSc2ncccn2)CC1. The van der Waals surface area contributed by atoms with Crippen LogP contribution in [0.1, 0.15) is 29.5 Å². The molecule has 2 amide bonds. The summed E-state index contributed by atoms with van der Waals surface area (Å²) in [6.45, 7) is 5.53. The fourth-order valence-electron chi connectivity index (χ4n) is 3.69. The average molecular weight is 454 g/mol. The van der Waals surface area contributed by atoms with E-state index in [4.69, 9.17) is 4.42 Å². The third-order valence-electron chi connectivity index (χ3n) is 5.38. The lowest BCUT2D eigenvalue weighted by molar-refractivity contribution is -0.122. The van der Waals surface area contributed by atoms with Gasteiger partial charge in [0.25, 0.3) is 5.91 Å². The number of fused-ring (bicyclic) bond motifs is 1. The van der Waals surface area contributed by atoms with E-state index in [2.05, 4.69) is 20.2 Å². The Labute approximate surface area is 191 Å². The summed E-state index contributed by atoms with van der Waals surface area (Å²) in [5.41, 5.74) is 1.57. The molecule has 1 N–H and O–H groups in total. The molecule has 2 aromatic heterocycles. The van der Waals surface area contributed by atoms with Crippen molar-refractivity contribution in [1.29, 1.82) is 0 Å². The molecule has 8 nitrogen and oxygen atoms in total. The number of carbonyl (C=O) groups excluding carboxylic acids is 2. The Hall–Kier alpha value is -2.91. The number of thioether (sulfide) groups is 1. The van der Waals surface area contributed by atoms with Gasteiger partial charge in [0, 0.05) is 61.8 Å². The molecule has 1 fully saturated rings. The molecule has 0 spiro atoms. The molecule has 168 valence electrons. The maximum absolute atomic E-state index is 13.4. The fourth-order valence-corrected chi connectivity index (χ4v) is 4.52. The van der Waals surface area contributed by atoms with Gasteiger partial charge in [-0.05, 0) is 18.6 Å². The molecule has 0 radical (unpaired) electrons. The van der Waals surface area contributed by atoms with Crippen LogP contribution in [0, 0.1) is 0 Å². The van der Waals surface area contributed by atoms with Gasteiger partial charge in [-0.1, -0.05) is 36.9 Å². The van der Waals surface area contributed by atoms with E-state index in [9.17, 15) is 9.59 Å². The van der Waals surface area contributed by atoms with Gasteiger partial charge in [0.2, 0.25) is 5.91 Å². The summed E-state index contributed by atoms with van der Waals surface area (Å²) in [6.07, 6.45) is 4.33. The van der Waals surface area contributed by atoms with Gasteiger partial charge in [0.1, 0.15) is 5.58 Å². The summed E-state index contributed by atoms with van der Waals surface area (Å²) in [7, 11) is 0. The van der Waals surface area contributed by atoms with E-state index in [-0.39, 0.29) is 11.8 Å². The Morgan fingerprint density at radius 3 is 2.59 bits per heavy atom. The van der Waals surface area contributed by atoms with Crippen LogP contribution in [-0.4, -0.2) is 70.9 Å². The van der Waals surface area contributed by atoms with Crippen molar-refractivity contribution >= 4 is 34.5 Å². The van der Waals surface area contributed by atoms with Crippen LogP contribution < -0.4 is 5.32 Å². The zero-order valence-electron chi connectivity index (χ0n) is 18.1. The summed E-state index contributed by atoms with van der Waals surface area (Å²) in [5, 5.41) is 4.49. The standard InChI is InChI=1S/C23H27N5O3S/c1-2-8-24-20(29)15-27-11-13-28(14-12-27)22(30)21-18(16-32-23-25-9-5-10-26-23)17-6-3-4-7-19(17)31-21/h3-7,9-10H,2,8,11-16H2,1H3,(H,24,29). The zero-order chi connectivity index (χ0) is 22.3. The van der Waals surface area contributed by atoms with Crippen LogP contribution in [0.5, 0.6) is 0 Å². The van der Waals surface area contributed by atoms with Gasteiger partial charge in [-0.15, -0.1) is 0 Å². The fraction of sp³-hybridized carbons (Fsp3) is 0.391. The van der Waals surface area contributed by atoms with Crippen molar-refractivity contribution in [2.75, 3.05) is 39.3 Å². The second kappa shape index (κ2) is 10.6. The normalized spacial score (nSPS) is 14.6. The second-order valence-electron chi connectivity index (χ2n) is 7.64. The number of rotatable bonds is 8. The molecule has 1 aliphatic heterocycles. The van der Waals surface area contributed by atoms with Crippen molar-refractivity contribution in [3.8, 4) is 0 Å². The van der Waals surface area contributed by atoms with Crippen molar-refractivity contribution in [2.45, 2.75) is 24.3 Å². The molecule has 1 aromatic carbocycles. The number of nitrogens with one attached hydrogen (secondary N) is 1. The highest BCUT2D eigenvalue weighted by Crippen LogP contribution is 2.31. The number of piperazine rings is 1. The first-order valence-electron chi connectivity index (χ1n) is 10.8. The summed E-state index contributed by atoms with van der Waals surface area (Å²) >= 11 is 1.48. The molecule has 1 saturated heterocycles. The highest BCUT2D eigenvalue weighted by Gasteiger charge is 2.28. The number of carbonyl (C=O) groups is 2. The maximum Gasteiger partial charge on any atom is 0.290 e. The second-order valence-corrected chi connectivity index (χ2v) is 8.59. The third kappa shape index (κ3) is 5.28. The monoisotopic (exact) mass is 453 g/mol. The van der Waals surface area contributed by atoms with Gasteiger partial charge < -0.3 is 14.6 Å². The van der Waals surface area contributed by atoms with Crippen LogP contribution in [0.3, 0.4) is 0 Å². The molecule has 0 bridgehead atoms. The Morgan fingerprint density at radius 2 is 1.84 bits per heavy atom. The largest absolute Gasteiger partial charge is 0.451 e. The molecular formula is C23H27N5O3S. The molecule has 4 rings (SSSR count). The minimum absolute atomic E-state index is 0.0337. The number of para-hydroxylation sites is 1. The quantitative estimate of drug-likeness (QED) is 0.414. The average Bonchev–Trinajstić information content (AvgIpc) is 3.20. The van der Waals surface area contributed by atoms with Crippen LogP contribution in [0.4, 0.5) is 0 Å². The Kier molecular flexibility index (Phi) is 7.39. The molecule has 32 heavy (non-hydrogen) atoms. The summed E-state index contributed by atoms with van der Waals surface area (Å²) in [6, 6.07) is 9.48. The summed E-state index contributed by atoms with van der Waals surface area (Å²) < 4.78 is 6.02. The van der Waals surface area contributed by atoms with Gasteiger partial charge in [0.05, 0.1) is 6.54 Å². The minimum Gasteiger partial charge on any atom is -0.451 e. The Morgan fingerprint density at radius 1 is 1.09 bits per heavy atom. The first-order valence-corrected chi connectivity index (χ1v) is 11.8. The third-order valence-corrected chi connectivity index (χ3v) is 6.28. The van der Waals surface area contributed by atoms with Crippen molar-refractivity contribution in [2.24, 2.45) is 0 Å². The van der Waals surface area contributed by atoms with Crippen LogP contribution in [0.2, 0.25) is 0 Å². The van der Waals surface area contributed by atoms with Gasteiger partial charge >= 0.3 is 0 Å². The molecule has 3 heterocycles. The highest BCUT2D eigenvalue weighted by molar-refractivity contribution is 7.98. The van der Waals surface area contributed by atoms with Crippen LogP contribution in [0.15, 0.2) is 52.3 Å². The summed E-state index contributed by atoms with van der Waals surface area (Å²) in [4.78, 5) is 37.8. The Balaban J connectivity index is 1.45. The molecule has 1 aliphatic rings. The number of aromatic nitrogens is 2. The number of hydrogen-bond donors (Lipinski definition) is 1. The summed E-state index contributed by atoms with van der Waals surface area (Å²) in [5.74, 6) is 0.843. The molecule has 0 aliphatic carbocycles. The number of nitrogens with zero attached hydrogens (tertiary/aromatic N) is 4. The van der Waals surface area contributed by atoms with E-state index >= 15 is 0 Å². The zero-order valence-corrected chi connectivity index (χ0v) is 18.9. The lowest BCUT2D eigenvalue weighted by Gasteiger charge is -2.34. The predicted molar refractivity (Wildman–Crippen MR) is 123 cm³/mol.